The highest BCUT2D eigenvalue weighted by molar-refractivity contribution is 6.02. The van der Waals surface area contributed by atoms with Crippen LogP contribution < -0.4 is 16.2 Å². The Morgan fingerprint density at radius 3 is 2.27 bits per heavy atom. The van der Waals surface area contributed by atoms with Gasteiger partial charge in [0, 0.05) is 17.4 Å². The number of esters is 1. The van der Waals surface area contributed by atoms with Crippen LogP contribution in [0.2, 0.25) is 0 Å². The third-order valence-electron chi connectivity index (χ3n) is 4.84. The van der Waals surface area contributed by atoms with Gasteiger partial charge in [-0.05, 0) is 74.4 Å². The van der Waals surface area contributed by atoms with Gasteiger partial charge in [-0.15, -0.1) is 0 Å². The number of aryl methyl sites for hydroxylation is 2. The van der Waals surface area contributed by atoms with Crippen molar-refractivity contribution >= 4 is 29.2 Å². The standard InChI is InChI=1S/C24H24N4O5/c1-4-33-24(32)17-6-9-18(10-7-17)25-21(29)14-28-22(30)12-11-20(27-28)23(31)26-19-8-5-15(2)16(3)13-19/h5-13H,4,14H2,1-3H3,(H,25,29)(H,26,31). The zero-order chi connectivity index (χ0) is 24.0. The van der Waals surface area contributed by atoms with Gasteiger partial charge < -0.3 is 15.4 Å². The van der Waals surface area contributed by atoms with Gasteiger partial charge in [0.1, 0.15) is 12.2 Å². The molecule has 2 N–H and O–H groups in total. The summed E-state index contributed by atoms with van der Waals surface area (Å²) in [5.41, 5.74) is 3.00. The van der Waals surface area contributed by atoms with Gasteiger partial charge in [-0.1, -0.05) is 6.07 Å². The fourth-order valence-electron chi connectivity index (χ4n) is 2.94. The van der Waals surface area contributed by atoms with Gasteiger partial charge in [0.25, 0.3) is 11.5 Å². The molecule has 0 radical (unpaired) electrons. The Hall–Kier alpha value is -4.27. The van der Waals surface area contributed by atoms with Crippen LogP contribution in [-0.4, -0.2) is 34.2 Å². The normalized spacial score (nSPS) is 10.4. The maximum Gasteiger partial charge on any atom is 0.338 e. The van der Waals surface area contributed by atoms with Crippen LogP contribution in [0.25, 0.3) is 0 Å². The van der Waals surface area contributed by atoms with E-state index in [9.17, 15) is 19.2 Å². The Morgan fingerprint density at radius 2 is 1.61 bits per heavy atom. The van der Waals surface area contributed by atoms with Gasteiger partial charge >= 0.3 is 5.97 Å². The minimum atomic E-state index is -0.523. The molecule has 0 atom stereocenters. The minimum absolute atomic E-state index is 0.000539. The molecule has 3 aromatic rings. The molecule has 0 bridgehead atoms. The van der Waals surface area contributed by atoms with E-state index >= 15 is 0 Å². The van der Waals surface area contributed by atoms with Crippen LogP contribution in [0.3, 0.4) is 0 Å². The summed E-state index contributed by atoms with van der Waals surface area (Å²) in [4.78, 5) is 48.8. The van der Waals surface area contributed by atoms with Crippen molar-refractivity contribution in [1.29, 1.82) is 0 Å². The number of amides is 2. The van der Waals surface area contributed by atoms with Crippen LogP contribution in [0.4, 0.5) is 11.4 Å². The van der Waals surface area contributed by atoms with Gasteiger partial charge in [0.05, 0.1) is 12.2 Å². The second-order valence-corrected chi connectivity index (χ2v) is 7.31. The van der Waals surface area contributed by atoms with Crippen molar-refractivity contribution in [3.05, 3.63) is 87.3 Å². The molecular formula is C24H24N4O5. The van der Waals surface area contributed by atoms with Crippen molar-refractivity contribution in [1.82, 2.24) is 9.78 Å². The summed E-state index contributed by atoms with van der Waals surface area (Å²) in [7, 11) is 0. The average Bonchev–Trinajstić information content (AvgIpc) is 2.78. The molecule has 0 saturated carbocycles. The maximum atomic E-state index is 12.6. The average molecular weight is 448 g/mol. The van der Waals surface area contributed by atoms with Crippen molar-refractivity contribution in [2.45, 2.75) is 27.3 Å². The van der Waals surface area contributed by atoms with Gasteiger partial charge in [-0.2, -0.15) is 5.10 Å². The van der Waals surface area contributed by atoms with Crippen LogP contribution in [0, 0.1) is 13.8 Å². The molecule has 33 heavy (non-hydrogen) atoms. The zero-order valence-electron chi connectivity index (χ0n) is 18.5. The molecule has 1 aromatic heterocycles. The Morgan fingerprint density at radius 1 is 0.909 bits per heavy atom. The monoisotopic (exact) mass is 448 g/mol. The van der Waals surface area contributed by atoms with Crippen LogP contribution in [-0.2, 0) is 16.1 Å². The summed E-state index contributed by atoms with van der Waals surface area (Å²) in [6, 6.07) is 14.1. The first kappa shape index (κ1) is 23.4. The van der Waals surface area contributed by atoms with Crippen LogP contribution in [0.5, 0.6) is 0 Å². The molecule has 0 aliphatic carbocycles. The number of carbonyl (C=O) groups is 3. The number of hydrogen-bond donors (Lipinski definition) is 2. The van der Waals surface area contributed by atoms with Crippen molar-refractivity contribution in [3.8, 4) is 0 Å². The predicted molar refractivity (Wildman–Crippen MR) is 123 cm³/mol. The van der Waals surface area contributed by atoms with Crippen LogP contribution >= 0.6 is 0 Å². The largest absolute Gasteiger partial charge is 0.462 e. The second kappa shape index (κ2) is 10.4. The number of hydrogen-bond acceptors (Lipinski definition) is 6. The molecule has 9 nitrogen and oxygen atoms in total. The molecular weight excluding hydrogens is 424 g/mol. The number of benzene rings is 2. The van der Waals surface area contributed by atoms with E-state index in [1.165, 1.54) is 24.3 Å². The molecule has 0 aliphatic heterocycles. The molecule has 3 rings (SSSR count). The van der Waals surface area contributed by atoms with E-state index in [-0.39, 0.29) is 18.8 Å². The van der Waals surface area contributed by atoms with Gasteiger partial charge in [0.2, 0.25) is 5.91 Å². The Bertz CT molecular complexity index is 1250. The molecule has 0 unspecified atom stereocenters. The molecule has 0 fully saturated rings. The summed E-state index contributed by atoms with van der Waals surface area (Å²) < 4.78 is 5.83. The highest BCUT2D eigenvalue weighted by Gasteiger charge is 2.13. The first-order chi connectivity index (χ1) is 15.8. The molecule has 1 heterocycles. The van der Waals surface area contributed by atoms with E-state index in [2.05, 4.69) is 15.7 Å². The highest BCUT2D eigenvalue weighted by Crippen LogP contribution is 2.15. The summed E-state index contributed by atoms with van der Waals surface area (Å²) in [6.07, 6.45) is 0. The van der Waals surface area contributed by atoms with E-state index in [0.29, 0.717) is 16.9 Å². The number of carbonyl (C=O) groups excluding carboxylic acids is 3. The fourth-order valence-corrected chi connectivity index (χ4v) is 2.94. The van der Waals surface area contributed by atoms with E-state index in [4.69, 9.17) is 4.74 Å². The van der Waals surface area contributed by atoms with E-state index in [1.54, 1.807) is 25.1 Å². The SMILES string of the molecule is CCOC(=O)c1ccc(NC(=O)Cn2nc(C(=O)Nc3ccc(C)c(C)c3)ccc2=O)cc1. The number of anilines is 2. The lowest BCUT2D eigenvalue weighted by Gasteiger charge is -2.10. The molecule has 2 amide bonds. The third kappa shape index (κ3) is 6.13. The van der Waals surface area contributed by atoms with Crippen LogP contribution in [0.15, 0.2) is 59.4 Å². The Labute approximate surface area is 190 Å². The summed E-state index contributed by atoms with van der Waals surface area (Å²) in [5, 5.41) is 9.38. The number of ether oxygens (including phenoxy) is 1. The molecule has 0 saturated heterocycles. The van der Waals surface area contributed by atoms with E-state index in [0.717, 1.165) is 15.8 Å². The van der Waals surface area contributed by atoms with Crippen molar-refractivity contribution in [2.24, 2.45) is 0 Å². The van der Waals surface area contributed by atoms with Crippen molar-refractivity contribution in [2.75, 3.05) is 17.2 Å². The topological polar surface area (TPSA) is 119 Å². The van der Waals surface area contributed by atoms with Gasteiger partial charge in [-0.25, -0.2) is 9.48 Å². The lowest BCUT2D eigenvalue weighted by Crippen LogP contribution is -2.31. The number of rotatable bonds is 7. The smallest absolute Gasteiger partial charge is 0.338 e. The van der Waals surface area contributed by atoms with Crippen LogP contribution in [0.1, 0.15) is 38.9 Å². The predicted octanol–water partition coefficient (Wildman–Crippen LogP) is 2.93. The number of nitrogens with one attached hydrogen (secondary N) is 2. The first-order valence-corrected chi connectivity index (χ1v) is 10.3. The van der Waals surface area contributed by atoms with Crippen molar-refractivity contribution in [3.63, 3.8) is 0 Å². The van der Waals surface area contributed by atoms with E-state index in [1.807, 2.05) is 26.0 Å². The molecule has 2 aromatic carbocycles. The second-order valence-electron chi connectivity index (χ2n) is 7.31. The lowest BCUT2D eigenvalue weighted by molar-refractivity contribution is -0.117. The Balaban J connectivity index is 1.67. The summed E-state index contributed by atoms with van der Waals surface area (Å²) >= 11 is 0. The highest BCUT2D eigenvalue weighted by atomic mass is 16.5. The third-order valence-corrected chi connectivity index (χ3v) is 4.84. The number of nitrogens with zero attached hydrogens (tertiary/aromatic N) is 2. The summed E-state index contributed by atoms with van der Waals surface area (Å²) in [6.45, 7) is 5.50. The maximum absolute atomic E-state index is 12.6. The summed E-state index contributed by atoms with van der Waals surface area (Å²) in [5.74, 6) is -1.47. The quantitative estimate of drug-likeness (QED) is 0.537. The molecule has 0 spiro atoms. The minimum Gasteiger partial charge on any atom is -0.462 e. The Kier molecular flexibility index (Phi) is 7.34. The van der Waals surface area contributed by atoms with Gasteiger partial charge in [0.15, 0.2) is 0 Å². The fraction of sp³-hybridized carbons (Fsp3) is 0.208. The number of aromatic nitrogens is 2. The molecule has 170 valence electrons. The molecule has 0 aliphatic rings. The van der Waals surface area contributed by atoms with Crippen molar-refractivity contribution < 1.29 is 19.1 Å². The first-order valence-electron chi connectivity index (χ1n) is 10.3. The van der Waals surface area contributed by atoms with Gasteiger partial charge in [-0.3, -0.25) is 14.4 Å². The zero-order valence-corrected chi connectivity index (χ0v) is 18.5. The molecule has 9 heteroatoms. The van der Waals surface area contributed by atoms with E-state index < -0.39 is 23.3 Å². The lowest BCUT2D eigenvalue weighted by atomic mass is 10.1.